The summed E-state index contributed by atoms with van der Waals surface area (Å²) in [5, 5.41) is 10.8. The highest BCUT2D eigenvalue weighted by molar-refractivity contribution is 6.74. The molecule has 0 aliphatic carbocycles. The molecule has 0 saturated carbocycles. The van der Waals surface area contributed by atoms with Crippen LogP contribution in [0, 0.1) is 10.1 Å². The molecule has 11 heteroatoms. The molecule has 1 aliphatic heterocycles. The Morgan fingerprint density at radius 2 is 1.88 bits per heavy atom. The Hall–Kier alpha value is -2.17. The molecular weight excluding hydrogens is 454 g/mol. The highest BCUT2D eigenvalue weighted by Crippen LogP contribution is 2.39. The fourth-order valence-corrected chi connectivity index (χ4v) is 4.72. The quantitative estimate of drug-likeness (QED) is 0.240. The molecular formula is C21H32ClN3O6Si. The van der Waals surface area contributed by atoms with Crippen molar-refractivity contribution in [2.45, 2.75) is 71.0 Å². The zero-order chi connectivity index (χ0) is 24.3. The number of amides is 2. The normalized spacial score (nSPS) is 19.0. The summed E-state index contributed by atoms with van der Waals surface area (Å²) < 4.78 is 13.0. The van der Waals surface area contributed by atoms with E-state index in [-0.39, 0.29) is 41.9 Å². The van der Waals surface area contributed by atoms with E-state index in [9.17, 15) is 19.7 Å². The van der Waals surface area contributed by atoms with Crippen molar-refractivity contribution in [1.29, 1.82) is 0 Å². The first-order chi connectivity index (χ1) is 14.7. The van der Waals surface area contributed by atoms with Crippen LogP contribution >= 0.6 is 11.8 Å². The van der Waals surface area contributed by atoms with Crippen LogP contribution in [0.4, 0.5) is 10.5 Å². The minimum absolute atomic E-state index is 0.0181. The molecule has 2 amide bonds. The fourth-order valence-electron chi connectivity index (χ4n) is 3.20. The Bertz CT molecular complexity index is 843. The third kappa shape index (κ3) is 6.66. The van der Waals surface area contributed by atoms with Crippen molar-refractivity contribution >= 4 is 37.8 Å². The number of hydrogen-bond acceptors (Lipinski definition) is 6. The van der Waals surface area contributed by atoms with Gasteiger partial charge in [-0.1, -0.05) is 20.8 Å². The lowest BCUT2D eigenvalue weighted by molar-refractivity contribution is -0.384. The summed E-state index contributed by atoms with van der Waals surface area (Å²) in [5.74, 6) is -0.306. The number of hydrogen-bond donors (Lipinski definition) is 0. The van der Waals surface area contributed by atoms with Gasteiger partial charge in [-0.15, -0.1) is 0 Å². The van der Waals surface area contributed by atoms with Crippen molar-refractivity contribution in [2.75, 3.05) is 13.1 Å². The topological polar surface area (TPSA) is 102 Å². The SMILES string of the molecule is CC(=O)N(Cl)C[C@@H]1C[C@@H](O[Si](C)(C)C(C)(C)C)CN1C(=O)OCc1ccc([N+](=O)[O-])cc1. The minimum Gasteiger partial charge on any atom is -0.445 e. The van der Waals surface area contributed by atoms with E-state index in [1.54, 1.807) is 17.0 Å². The van der Waals surface area contributed by atoms with Gasteiger partial charge in [0.25, 0.3) is 5.69 Å². The Morgan fingerprint density at radius 3 is 2.38 bits per heavy atom. The molecule has 0 spiro atoms. The van der Waals surface area contributed by atoms with Gasteiger partial charge in [0.05, 0.1) is 23.6 Å². The van der Waals surface area contributed by atoms with E-state index in [2.05, 4.69) is 33.9 Å². The molecule has 0 unspecified atom stereocenters. The highest BCUT2D eigenvalue weighted by atomic mass is 35.5. The number of likely N-dealkylation sites (tertiary alicyclic amines) is 1. The molecule has 1 saturated heterocycles. The Labute approximate surface area is 195 Å². The van der Waals surface area contributed by atoms with Gasteiger partial charge in [0.15, 0.2) is 8.32 Å². The molecule has 178 valence electrons. The number of carbonyl (C=O) groups is 2. The first-order valence-corrected chi connectivity index (χ1v) is 13.7. The maximum absolute atomic E-state index is 12.9. The van der Waals surface area contributed by atoms with Crippen LogP contribution in [0.1, 0.15) is 39.7 Å². The monoisotopic (exact) mass is 485 g/mol. The number of non-ortho nitro benzene ring substituents is 1. The van der Waals surface area contributed by atoms with Gasteiger partial charge >= 0.3 is 6.09 Å². The number of halogens is 1. The Balaban J connectivity index is 2.08. The van der Waals surface area contributed by atoms with Gasteiger partial charge in [-0.05, 0) is 42.2 Å². The van der Waals surface area contributed by atoms with E-state index in [1.165, 1.54) is 19.1 Å². The van der Waals surface area contributed by atoms with E-state index in [0.717, 1.165) is 4.42 Å². The van der Waals surface area contributed by atoms with Crippen molar-refractivity contribution in [2.24, 2.45) is 0 Å². The molecule has 0 aromatic heterocycles. The summed E-state index contributed by atoms with van der Waals surface area (Å²) in [7, 11) is -2.06. The number of nitro benzene ring substituents is 1. The second kappa shape index (κ2) is 10.2. The maximum Gasteiger partial charge on any atom is 0.410 e. The standard InChI is InChI=1S/C21H32ClN3O6Si/c1-15(26)24(22)12-18-11-19(31-32(5,6)21(2,3)4)13-23(18)20(27)30-14-16-7-9-17(10-8-16)25(28)29/h7-10,18-19H,11-14H2,1-6H3/t18-,19+/m0/s1. The van der Waals surface area contributed by atoms with Crippen LogP contribution in [-0.4, -0.2) is 59.8 Å². The lowest BCUT2D eigenvalue weighted by Gasteiger charge is -2.38. The maximum atomic E-state index is 12.9. The highest BCUT2D eigenvalue weighted by Gasteiger charge is 2.44. The van der Waals surface area contributed by atoms with Crippen molar-refractivity contribution in [3.63, 3.8) is 0 Å². The van der Waals surface area contributed by atoms with Gasteiger partial charge in [0.2, 0.25) is 5.91 Å². The minimum atomic E-state index is -2.06. The second-order valence-electron chi connectivity index (χ2n) is 9.58. The molecule has 0 N–H and O–H groups in total. The Morgan fingerprint density at radius 1 is 1.28 bits per heavy atom. The molecule has 0 bridgehead atoms. The number of rotatable bonds is 7. The zero-order valence-corrected chi connectivity index (χ0v) is 21.2. The van der Waals surface area contributed by atoms with Gasteiger partial charge in [0, 0.05) is 37.4 Å². The fraction of sp³-hybridized carbons (Fsp3) is 0.619. The van der Waals surface area contributed by atoms with E-state index >= 15 is 0 Å². The summed E-state index contributed by atoms with van der Waals surface area (Å²) in [5.41, 5.74) is 0.605. The third-order valence-electron chi connectivity index (χ3n) is 6.10. The number of nitro groups is 1. The molecule has 0 radical (unpaired) electrons. The van der Waals surface area contributed by atoms with Crippen LogP contribution in [0.5, 0.6) is 0 Å². The van der Waals surface area contributed by atoms with Crippen LogP contribution in [-0.2, 0) is 20.6 Å². The van der Waals surface area contributed by atoms with E-state index < -0.39 is 19.3 Å². The third-order valence-corrected chi connectivity index (χ3v) is 11.0. The first kappa shape index (κ1) is 26.1. The van der Waals surface area contributed by atoms with Crippen molar-refractivity contribution in [3.8, 4) is 0 Å². The summed E-state index contributed by atoms with van der Waals surface area (Å²) in [6.45, 7) is 12.6. The van der Waals surface area contributed by atoms with Crippen molar-refractivity contribution in [3.05, 3.63) is 39.9 Å². The smallest absolute Gasteiger partial charge is 0.410 e. The number of nitrogens with zero attached hydrogens (tertiary/aromatic N) is 3. The van der Waals surface area contributed by atoms with Gasteiger partial charge in [-0.2, -0.15) is 0 Å². The molecule has 1 aromatic rings. The molecule has 1 aromatic carbocycles. The number of carbonyl (C=O) groups excluding carboxylic acids is 2. The first-order valence-electron chi connectivity index (χ1n) is 10.5. The molecule has 32 heavy (non-hydrogen) atoms. The molecule has 1 aliphatic rings. The number of ether oxygens (including phenoxy) is 1. The lowest BCUT2D eigenvalue weighted by atomic mass is 10.2. The van der Waals surface area contributed by atoms with Crippen molar-refractivity contribution < 1.29 is 23.7 Å². The van der Waals surface area contributed by atoms with Gasteiger partial charge in [-0.3, -0.25) is 19.3 Å². The molecule has 9 nitrogen and oxygen atoms in total. The van der Waals surface area contributed by atoms with Crippen LogP contribution in [0.2, 0.25) is 18.1 Å². The molecule has 2 atom stereocenters. The second-order valence-corrected chi connectivity index (χ2v) is 14.7. The summed E-state index contributed by atoms with van der Waals surface area (Å²) >= 11 is 6.05. The van der Waals surface area contributed by atoms with Crippen LogP contribution < -0.4 is 0 Å². The predicted molar refractivity (Wildman–Crippen MR) is 124 cm³/mol. The largest absolute Gasteiger partial charge is 0.445 e. The summed E-state index contributed by atoms with van der Waals surface area (Å²) in [4.78, 5) is 36.3. The lowest BCUT2D eigenvalue weighted by Crippen LogP contribution is -2.45. The predicted octanol–water partition coefficient (Wildman–Crippen LogP) is 4.70. The van der Waals surface area contributed by atoms with Crippen LogP contribution in [0.15, 0.2) is 24.3 Å². The van der Waals surface area contributed by atoms with Gasteiger partial charge < -0.3 is 14.1 Å². The number of benzene rings is 1. The van der Waals surface area contributed by atoms with E-state index in [4.69, 9.17) is 20.9 Å². The summed E-state index contributed by atoms with van der Waals surface area (Å²) in [6.07, 6.45) is -0.163. The summed E-state index contributed by atoms with van der Waals surface area (Å²) in [6, 6.07) is 5.49. The molecule has 2 rings (SSSR count). The van der Waals surface area contributed by atoms with Crippen LogP contribution in [0.25, 0.3) is 0 Å². The van der Waals surface area contributed by atoms with Gasteiger partial charge in [0.1, 0.15) is 6.61 Å². The molecule has 1 heterocycles. The van der Waals surface area contributed by atoms with E-state index in [0.29, 0.717) is 18.5 Å². The van der Waals surface area contributed by atoms with Crippen LogP contribution in [0.3, 0.4) is 0 Å². The van der Waals surface area contributed by atoms with Crippen molar-refractivity contribution in [1.82, 2.24) is 9.32 Å². The molecule has 1 fully saturated rings. The van der Waals surface area contributed by atoms with Gasteiger partial charge in [-0.25, -0.2) is 4.79 Å². The average molecular weight is 486 g/mol. The average Bonchev–Trinajstić information content (AvgIpc) is 3.06. The Kier molecular flexibility index (Phi) is 8.30. The van der Waals surface area contributed by atoms with E-state index in [1.807, 2.05) is 0 Å². The zero-order valence-electron chi connectivity index (χ0n) is 19.5.